The molecule has 1 spiro atoms. The molecule has 10 heteroatoms. The number of pyridine rings is 1. The number of hydrogen-bond acceptors (Lipinski definition) is 6. The largest absolute Gasteiger partial charge is 0.497 e. The zero-order valence-electron chi connectivity index (χ0n) is 21.5. The van der Waals surface area contributed by atoms with E-state index in [1.807, 2.05) is 12.1 Å². The maximum Gasteiger partial charge on any atom is 0.256 e. The van der Waals surface area contributed by atoms with Gasteiger partial charge in [-0.25, -0.2) is 0 Å². The van der Waals surface area contributed by atoms with Crippen LogP contribution < -0.4 is 10.1 Å². The summed E-state index contributed by atoms with van der Waals surface area (Å²) in [5.41, 5.74) is 0.611. The van der Waals surface area contributed by atoms with Gasteiger partial charge in [0.15, 0.2) is 0 Å². The zero-order chi connectivity index (χ0) is 27.4. The summed E-state index contributed by atoms with van der Waals surface area (Å²) in [5.74, 6) is -0.154. The number of carbonyl (C=O) groups excluding carboxylic acids is 3. The van der Waals surface area contributed by atoms with E-state index in [1.165, 1.54) is 0 Å². The molecule has 1 N–H and O–H groups in total. The van der Waals surface area contributed by atoms with Gasteiger partial charge in [0.1, 0.15) is 17.5 Å². The van der Waals surface area contributed by atoms with E-state index in [0.717, 1.165) is 0 Å². The van der Waals surface area contributed by atoms with Crippen molar-refractivity contribution in [3.8, 4) is 5.75 Å². The Bertz CT molecular complexity index is 1340. The predicted molar refractivity (Wildman–Crippen MR) is 144 cm³/mol. The van der Waals surface area contributed by atoms with Crippen molar-refractivity contribution in [1.82, 2.24) is 20.1 Å². The first-order valence-electron chi connectivity index (χ1n) is 12.7. The molecule has 0 radical (unpaired) electrons. The summed E-state index contributed by atoms with van der Waals surface area (Å²) in [6, 6.07) is 18.2. The number of ether oxygens (including phenoxy) is 2. The number of halogens is 1. The zero-order valence-corrected chi connectivity index (χ0v) is 22.3. The Labute approximate surface area is 231 Å². The van der Waals surface area contributed by atoms with Gasteiger partial charge < -0.3 is 19.7 Å². The van der Waals surface area contributed by atoms with Gasteiger partial charge in [0, 0.05) is 48.3 Å². The van der Waals surface area contributed by atoms with Crippen molar-refractivity contribution in [2.24, 2.45) is 0 Å². The molecular formula is C29H29ClN4O5. The molecule has 0 aliphatic carbocycles. The Morgan fingerprint density at radius 1 is 1.03 bits per heavy atom. The first-order valence-corrected chi connectivity index (χ1v) is 13.1. The van der Waals surface area contributed by atoms with Crippen molar-refractivity contribution in [3.63, 3.8) is 0 Å². The lowest BCUT2D eigenvalue weighted by atomic mass is 9.96. The molecule has 0 saturated carbocycles. The minimum Gasteiger partial charge on any atom is -0.497 e. The van der Waals surface area contributed by atoms with Gasteiger partial charge in [-0.05, 0) is 54.6 Å². The maximum absolute atomic E-state index is 13.9. The van der Waals surface area contributed by atoms with E-state index in [0.29, 0.717) is 53.5 Å². The van der Waals surface area contributed by atoms with Crippen LogP contribution in [0.2, 0.25) is 5.02 Å². The fourth-order valence-corrected chi connectivity index (χ4v) is 5.29. The number of rotatable bonds is 6. The van der Waals surface area contributed by atoms with E-state index < -0.39 is 11.8 Å². The average molecular weight is 549 g/mol. The van der Waals surface area contributed by atoms with E-state index in [1.54, 1.807) is 77.7 Å². The number of hydrogen-bond donors (Lipinski definition) is 1. The third-order valence-corrected chi connectivity index (χ3v) is 7.43. The smallest absolute Gasteiger partial charge is 0.256 e. The van der Waals surface area contributed by atoms with Crippen LogP contribution in [0.4, 0.5) is 0 Å². The van der Waals surface area contributed by atoms with Gasteiger partial charge in [0.2, 0.25) is 5.91 Å². The van der Waals surface area contributed by atoms with Crippen LogP contribution in [0.15, 0.2) is 72.9 Å². The lowest BCUT2D eigenvalue weighted by molar-refractivity contribution is -0.128. The maximum atomic E-state index is 13.9. The minimum absolute atomic E-state index is 0.0538. The molecule has 2 saturated heterocycles. The first-order chi connectivity index (χ1) is 18.9. The van der Waals surface area contributed by atoms with Crippen LogP contribution in [0, 0.1) is 0 Å². The summed E-state index contributed by atoms with van der Waals surface area (Å²) in [4.78, 5) is 47.9. The van der Waals surface area contributed by atoms with Crippen LogP contribution in [-0.4, -0.2) is 71.1 Å². The van der Waals surface area contributed by atoms with E-state index in [4.69, 9.17) is 21.1 Å². The monoisotopic (exact) mass is 548 g/mol. The molecule has 39 heavy (non-hydrogen) atoms. The quantitative estimate of drug-likeness (QED) is 0.506. The molecule has 2 aliphatic heterocycles. The number of likely N-dealkylation sites (tertiary alicyclic amines) is 1. The van der Waals surface area contributed by atoms with Gasteiger partial charge in [0.05, 0.1) is 26.0 Å². The van der Waals surface area contributed by atoms with Crippen molar-refractivity contribution in [2.75, 3.05) is 26.8 Å². The Morgan fingerprint density at radius 2 is 1.79 bits per heavy atom. The van der Waals surface area contributed by atoms with Crippen molar-refractivity contribution in [3.05, 3.63) is 94.8 Å². The standard InChI is InChI=1S/C29H29ClN4O5/c1-38-24-10-8-20(9-11-24)28(37)34-25(26(35)32-18-23-7-2-3-14-31-23)19-39-29(34)12-15-33(16-13-29)27(36)21-5-4-6-22(30)17-21/h2-11,14,17,25H,12-13,15-16,18-19H2,1H3,(H,32,35). The second-order valence-electron chi connectivity index (χ2n) is 9.52. The Hall–Kier alpha value is -3.95. The van der Waals surface area contributed by atoms with Gasteiger partial charge in [-0.15, -0.1) is 0 Å². The van der Waals surface area contributed by atoms with Crippen molar-refractivity contribution < 1.29 is 23.9 Å². The molecule has 2 fully saturated rings. The van der Waals surface area contributed by atoms with Gasteiger partial charge in [-0.2, -0.15) is 0 Å². The molecule has 2 aromatic carbocycles. The number of amides is 3. The lowest BCUT2D eigenvalue weighted by Crippen LogP contribution is -2.59. The molecule has 2 aliphatic rings. The normalized spacial score (nSPS) is 18.2. The second kappa shape index (κ2) is 11.4. The second-order valence-corrected chi connectivity index (χ2v) is 9.95. The Kier molecular flexibility index (Phi) is 7.81. The van der Waals surface area contributed by atoms with Gasteiger partial charge in [-0.1, -0.05) is 23.7 Å². The van der Waals surface area contributed by atoms with Gasteiger partial charge in [-0.3, -0.25) is 24.3 Å². The third kappa shape index (κ3) is 5.60. The summed E-state index contributed by atoms with van der Waals surface area (Å²) in [7, 11) is 1.56. The summed E-state index contributed by atoms with van der Waals surface area (Å²) >= 11 is 6.08. The molecular weight excluding hydrogens is 520 g/mol. The fourth-order valence-electron chi connectivity index (χ4n) is 5.10. The van der Waals surface area contributed by atoms with Crippen LogP contribution in [0.5, 0.6) is 5.75 Å². The highest BCUT2D eigenvalue weighted by Gasteiger charge is 2.54. The Morgan fingerprint density at radius 3 is 2.46 bits per heavy atom. The minimum atomic E-state index is -1.02. The van der Waals surface area contributed by atoms with Crippen LogP contribution in [0.25, 0.3) is 0 Å². The molecule has 1 atom stereocenters. The number of nitrogens with one attached hydrogen (secondary N) is 1. The molecule has 0 bridgehead atoms. The summed E-state index contributed by atoms with van der Waals surface area (Å²) in [5, 5.41) is 3.39. The number of carbonyl (C=O) groups is 3. The van der Waals surface area contributed by atoms with E-state index >= 15 is 0 Å². The molecule has 1 aromatic heterocycles. The topological polar surface area (TPSA) is 101 Å². The SMILES string of the molecule is COc1ccc(C(=O)N2C(C(=O)NCc3ccccn3)COC23CCN(C(=O)c2cccc(Cl)c2)CC3)cc1. The molecule has 5 rings (SSSR count). The number of aromatic nitrogens is 1. The average Bonchev–Trinajstić information content (AvgIpc) is 3.34. The van der Waals surface area contributed by atoms with Gasteiger partial charge >= 0.3 is 0 Å². The highest BCUT2D eigenvalue weighted by molar-refractivity contribution is 6.30. The van der Waals surface area contributed by atoms with Crippen LogP contribution >= 0.6 is 11.6 Å². The number of methoxy groups -OCH3 is 1. The highest BCUT2D eigenvalue weighted by atomic mass is 35.5. The molecule has 202 valence electrons. The van der Waals surface area contributed by atoms with Gasteiger partial charge in [0.25, 0.3) is 11.8 Å². The molecule has 3 aromatic rings. The number of nitrogens with zero attached hydrogens (tertiary/aromatic N) is 3. The summed E-state index contributed by atoms with van der Waals surface area (Å²) in [6.45, 7) is 1.01. The molecule has 3 heterocycles. The molecule has 9 nitrogen and oxygen atoms in total. The number of benzene rings is 2. The van der Waals surface area contributed by atoms with Crippen LogP contribution in [-0.2, 0) is 16.1 Å². The first kappa shape index (κ1) is 26.6. The highest BCUT2D eigenvalue weighted by Crippen LogP contribution is 2.39. The predicted octanol–water partition coefficient (Wildman–Crippen LogP) is 3.53. The van der Waals surface area contributed by atoms with Crippen LogP contribution in [0.3, 0.4) is 0 Å². The molecule has 3 amide bonds. The van der Waals surface area contributed by atoms with Crippen molar-refractivity contribution in [2.45, 2.75) is 31.2 Å². The third-order valence-electron chi connectivity index (χ3n) is 7.19. The van der Waals surface area contributed by atoms with Crippen molar-refractivity contribution in [1.29, 1.82) is 0 Å². The van der Waals surface area contributed by atoms with Crippen molar-refractivity contribution >= 4 is 29.3 Å². The van der Waals surface area contributed by atoms with E-state index in [9.17, 15) is 14.4 Å². The Balaban J connectivity index is 1.36. The summed E-state index contributed by atoms with van der Waals surface area (Å²) < 4.78 is 11.5. The fraction of sp³-hybridized carbons (Fsp3) is 0.310. The number of piperidine rings is 1. The lowest BCUT2D eigenvalue weighted by Gasteiger charge is -2.44. The van der Waals surface area contributed by atoms with Crippen LogP contribution in [0.1, 0.15) is 39.3 Å². The van der Waals surface area contributed by atoms with E-state index in [-0.39, 0.29) is 30.9 Å². The molecule has 1 unspecified atom stereocenters. The summed E-state index contributed by atoms with van der Waals surface area (Å²) in [6.07, 6.45) is 2.39. The van der Waals surface area contributed by atoms with E-state index in [2.05, 4.69) is 10.3 Å².